The topological polar surface area (TPSA) is 83.5 Å². The molecule has 0 aliphatic carbocycles. The van der Waals surface area contributed by atoms with Crippen molar-refractivity contribution in [2.24, 2.45) is 0 Å². The molecule has 1 N–H and O–H groups in total. The lowest BCUT2D eigenvalue weighted by Crippen LogP contribution is -2.35. The van der Waals surface area contributed by atoms with Crippen LogP contribution in [0.2, 0.25) is 0 Å². The first-order chi connectivity index (χ1) is 11.3. The summed E-state index contributed by atoms with van der Waals surface area (Å²) in [6.45, 7) is 4.90. The van der Waals surface area contributed by atoms with E-state index in [1.165, 1.54) is 28.6 Å². The van der Waals surface area contributed by atoms with Gasteiger partial charge in [0.15, 0.2) is 0 Å². The maximum atomic E-state index is 12.6. The van der Waals surface area contributed by atoms with Gasteiger partial charge in [0.1, 0.15) is 0 Å². The molecule has 1 aromatic carbocycles. The fraction of sp³-hybridized carbons (Fsp3) is 0.625. The van der Waals surface area contributed by atoms with Gasteiger partial charge in [-0.2, -0.15) is 4.31 Å². The van der Waals surface area contributed by atoms with Gasteiger partial charge in [0, 0.05) is 19.1 Å². The molecule has 1 aliphatic rings. The fourth-order valence-corrected chi connectivity index (χ4v) is 5.71. The molecule has 0 atom stereocenters. The molecule has 1 fully saturated rings. The number of nitrogens with one attached hydrogen (secondary N) is 1. The molecule has 24 heavy (non-hydrogen) atoms. The third-order valence-electron chi connectivity index (χ3n) is 4.39. The first-order valence-electron chi connectivity index (χ1n) is 8.43. The van der Waals surface area contributed by atoms with Crippen molar-refractivity contribution in [3.63, 3.8) is 0 Å². The summed E-state index contributed by atoms with van der Waals surface area (Å²) in [6, 6.07) is 5.37. The predicted molar refractivity (Wildman–Crippen MR) is 93.7 cm³/mol. The Morgan fingerprint density at radius 2 is 1.42 bits per heavy atom. The summed E-state index contributed by atoms with van der Waals surface area (Å²) >= 11 is 0. The number of hydrogen-bond acceptors (Lipinski definition) is 4. The van der Waals surface area contributed by atoms with E-state index >= 15 is 0 Å². The molecule has 2 rings (SSSR count). The summed E-state index contributed by atoms with van der Waals surface area (Å²) in [6.07, 6.45) is 4.19. The average molecular weight is 375 g/mol. The Kier molecular flexibility index (Phi) is 6.41. The molecule has 8 heteroatoms. The van der Waals surface area contributed by atoms with E-state index in [0.717, 1.165) is 19.3 Å². The molecule has 0 spiro atoms. The fourth-order valence-electron chi connectivity index (χ4n) is 2.79. The molecular weight excluding hydrogens is 348 g/mol. The van der Waals surface area contributed by atoms with E-state index in [1.54, 1.807) is 0 Å². The van der Waals surface area contributed by atoms with Crippen LogP contribution in [0.1, 0.15) is 46.0 Å². The Bertz CT molecular complexity index is 733. The number of rotatable bonds is 7. The molecule has 136 valence electrons. The van der Waals surface area contributed by atoms with Crippen molar-refractivity contribution < 1.29 is 16.8 Å². The molecule has 1 heterocycles. The van der Waals surface area contributed by atoms with Gasteiger partial charge in [-0.15, -0.1) is 0 Å². The van der Waals surface area contributed by atoms with Crippen molar-refractivity contribution in [3.05, 3.63) is 24.3 Å². The minimum absolute atomic E-state index is 0.0898. The molecule has 6 nitrogen and oxygen atoms in total. The molecule has 0 saturated carbocycles. The van der Waals surface area contributed by atoms with Gasteiger partial charge in [-0.25, -0.2) is 21.6 Å². The highest BCUT2D eigenvalue weighted by molar-refractivity contribution is 7.89. The molecule has 0 bridgehead atoms. The Morgan fingerprint density at radius 1 is 0.917 bits per heavy atom. The van der Waals surface area contributed by atoms with Crippen LogP contribution in [0.15, 0.2) is 34.1 Å². The molecule has 0 aromatic heterocycles. The lowest BCUT2D eigenvalue weighted by molar-refractivity contribution is 0.346. The van der Waals surface area contributed by atoms with Crippen LogP contribution in [-0.4, -0.2) is 40.3 Å². The quantitative estimate of drug-likeness (QED) is 0.794. The first kappa shape index (κ1) is 19.4. The van der Waals surface area contributed by atoms with E-state index in [2.05, 4.69) is 4.72 Å². The lowest BCUT2D eigenvalue weighted by atomic mass is 10.2. The lowest BCUT2D eigenvalue weighted by Gasteiger charge is -2.25. The highest BCUT2D eigenvalue weighted by atomic mass is 32.2. The Morgan fingerprint density at radius 3 is 1.92 bits per heavy atom. The van der Waals surface area contributed by atoms with Gasteiger partial charge in [0.2, 0.25) is 20.0 Å². The normalized spacial score (nSPS) is 17.3. The zero-order valence-electron chi connectivity index (χ0n) is 14.2. The maximum Gasteiger partial charge on any atom is 0.243 e. The zero-order chi connectivity index (χ0) is 17.8. The van der Waals surface area contributed by atoms with E-state index in [0.29, 0.717) is 25.9 Å². The van der Waals surface area contributed by atoms with Gasteiger partial charge >= 0.3 is 0 Å². The summed E-state index contributed by atoms with van der Waals surface area (Å²) in [7, 11) is -7.17. The summed E-state index contributed by atoms with van der Waals surface area (Å²) in [4.78, 5) is 0.234. The second-order valence-corrected chi connectivity index (χ2v) is 9.72. The van der Waals surface area contributed by atoms with Crippen LogP contribution in [0.4, 0.5) is 0 Å². The maximum absolute atomic E-state index is 12.6. The van der Waals surface area contributed by atoms with E-state index in [4.69, 9.17) is 0 Å². The van der Waals surface area contributed by atoms with E-state index in [1.807, 2.05) is 13.8 Å². The Hall–Kier alpha value is -0.960. The van der Waals surface area contributed by atoms with Crippen LogP contribution in [-0.2, 0) is 20.0 Å². The second-order valence-electron chi connectivity index (χ2n) is 6.07. The Labute approximate surface area is 145 Å². The molecule has 0 amide bonds. The number of hydrogen-bond donors (Lipinski definition) is 1. The molecule has 0 radical (unpaired) electrons. The van der Waals surface area contributed by atoms with Crippen LogP contribution >= 0.6 is 0 Å². The van der Waals surface area contributed by atoms with Gasteiger partial charge in [-0.05, 0) is 49.9 Å². The highest BCUT2D eigenvalue weighted by Crippen LogP contribution is 2.22. The number of nitrogens with zero attached hydrogens (tertiary/aromatic N) is 1. The second kappa shape index (κ2) is 7.95. The van der Waals surface area contributed by atoms with Crippen molar-refractivity contribution >= 4 is 20.0 Å². The number of benzene rings is 1. The van der Waals surface area contributed by atoms with Gasteiger partial charge in [-0.1, -0.05) is 20.3 Å². The summed E-state index contributed by atoms with van der Waals surface area (Å²) in [5, 5.41) is 0. The molecule has 1 saturated heterocycles. The summed E-state index contributed by atoms with van der Waals surface area (Å²) in [5.41, 5.74) is 0. The van der Waals surface area contributed by atoms with E-state index < -0.39 is 20.0 Å². The standard InChI is InChI=1S/C16H26N2O4S2/c1-3-14(4-2)17-23(19,20)15-8-10-16(11-9-15)24(21,22)18-12-6-5-7-13-18/h8-11,14,17H,3-7,12-13H2,1-2H3. The summed E-state index contributed by atoms with van der Waals surface area (Å²) < 4.78 is 54.0. The molecule has 1 aromatic rings. The third-order valence-corrected chi connectivity index (χ3v) is 7.84. The predicted octanol–water partition coefficient (Wildman–Crippen LogP) is 2.33. The third kappa shape index (κ3) is 4.36. The number of sulfonamides is 2. The zero-order valence-corrected chi connectivity index (χ0v) is 15.9. The minimum atomic E-state index is -3.63. The SMILES string of the molecule is CCC(CC)NS(=O)(=O)c1ccc(S(=O)(=O)N2CCCCC2)cc1. The monoisotopic (exact) mass is 374 g/mol. The first-order valence-corrected chi connectivity index (χ1v) is 11.4. The minimum Gasteiger partial charge on any atom is -0.208 e. The molecule has 0 unspecified atom stereocenters. The Balaban J connectivity index is 2.21. The smallest absolute Gasteiger partial charge is 0.208 e. The average Bonchev–Trinajstić information content (AvgIpc) is 2.60. The van der Waals surface area contributed by atoms with Gasteiger partial charge in [0.25, 0.3) is 0 Å². The summed E-state index contributed by atoms with van der Waals surface area (Å²) in [5.74, 6) is 0. The van der Waals surface area contributed by atoms with Crippen LogP contribution in [0.5, 0.6) is 0 Å². The van der Waals surface area contributed by atoms with Crippen molar-refractivity contribution in [1.29, 1.82) is 0 Å². The highest BCUT2D eigenvalue weighted by Gasteiger charge is 2.26. The van der Waals surface area contributed by atoms with Crippen LogP contribution in [0.25, 0.3) is 0 Å². The largest absolute Gasteiger partial charge is 0.243 e. The van der Waals surface area contributed by atoms with Crippen LogP contribution in [0.3, 0.4) is 0 Å². The van der Waals surface area contributed by atoms with E-state index in [9.17, 15) is 16.8 Å². The van der Waals surface area contributed by atoms with Gasteiger partial charge in [0.05, 0.1) is 9.79 Å². The van der Waals surface area contributed by atoms with Crippen molar-refractivity contribution in [1.82, 2.24) is 9.03 Å². The van der Waals surface area contributed by atoms with Crippen molar-refractivity contribution in [2.75, 3.05) is 13.1 Å². The molecule has 1 aliphatic heterocycles. The van der Waals surface area contributed by atoms with Crippen LogP contribution in [0, 0.1) is 0 Å². The van der Waals surface area contributed by atoms with Crippen LogP contribution < -0.4 is 4.72 Å². The molecular formula is C16H26N2O4S2. The number of piperidine rings is 1. The van der Waals surface area contributed by atoms with E-state index in [-0.39, 0.29) is 15.8 Å². The van der Waals surface area contributed by atoms with Crippen molar-refractivity contribution in [2.45, 2.75) is 61.8 Å². The van der Waals surface area contributed by atoms with Crippen molar-refractivity contribution in [3.8, 4) is 0 Å². The van der Waals surface area contributed by atoms with Gasteiger partial charge in [-0.3, -0.25) is 0 Å². The van der Waals surface area contributed by atoms with Gasteiger partial charge < -0.3 is 0 Å².